The predicted octanol–water partition coefficient (Wildman–Crippen LogP) is 2.22. The van der Waals surface area contributed by atoms with Gasteiger partial charge in [-0.3, -0.25) is 14.4 Å². The van der Waals surface area contributed by atoms with E-state index in [0.717, 1.165) is 0 Å². The summed E-state index contributed by atoms with van der Waals surface area (Å²) in [5.74, 6) is -3.70. The molecule has 7 nitrogen and oxygen atoms in total. The maximum absolute atomic E-state index is 13.1. The van der Waals surface area contributed by atoms with E-state index in [0.29, 0.717) is 5.56 Å². The zero-order valence-electron chi connectivity index (χ0n) is 16.0. The minimum Gasteiger partial charge on any atom is -0.507 e. The molecule has 0 heterocycles. The van der Waals surface area contributed by atoms with E-state index in [-0.39, 0.29) is 52.8 Å². The Morgan fingerprint density at radius 3 is 2.55 bits per heavy atom. The van der Waals surface area contributed by atoms with Crippen molar-refractivity contribution >= 4 is 17.5 Å². The number of phenols is 2. The second kappa shape index (κ2) is 6.42. The van der Waals surface area contributed by atoms with Gasteiger partial charge in [0.15, 0.2) is 5.78 Å². The van der Waals surface area contributed by atoms with Crippen LogP contribution < -0.4 is 0 Å². The van der Waals surface area contributed by atoms with Crippen LogP contribution in [-0.2, 0) is 16.0 Å². The molecule has 0 saturated heterocycles. The molecule has 7 heteroatoms. The zero-order chi connectivity index (χ0) is 21.1. The summed E-state index contributed by atoms with van der Waals surface area (Å²) in [6.45, 7) is 1.74. The second-order valence-corrected chi connectivity index (χ2v) is 7.49. The van der Waals surface area contributed by atoms with Crippen molar-refractivity contribution in [1.29, 1.82) is 0 Å². The lowest BCUT2D eigenvalue weighted by Gasteiger charge is -2.40. The van der Waals surface area contributed by atoms with Crippen molar-refractivity contribution in [2.75, 3.05) is 7.11 Å². The summed E-state index contributed by atoms with van der Waals surface area (Å²) < 4.78 is 4.88. The van der Waals surface area contributed by atoms with E-state index < -0.39 is 34.8 Å². The summed E-state index contributed by atoms with van der Waals surface area (Å²) in [5, 5.41) is 32.0. The minimum absolute atomic E-state index is 0.0260. The molecular weight excluding hydrogens is 376 g/mol. The number of phenolic OH excluding ortho intramolecular Hbond substituents is 2. The van der Waals surface area contributed by atoms with Crippen LogP contribution in [0.2, 0.25) is 0 Å². The minimum atomic E-state index is -1.39. The fourth-order valence-corrected chi connectivity index (χ4v) is 4.52. The van der Waals surface area contributed by atoms with Crippen molar-refractivity contribution in [2.45, 2.75) is 37.7 Å². The van der Waals surface area contributed by atoms with Crippen molar-refractivity contribution in [3.05, 3.63) is 57.6 Å². The van der Waals surface area contributed by atoms with E-state index in [9.17, 15) is 29.7 Å². The standard InChI is InChI=1S/C22H20O7/c1-3-22(28)8-7-10-12(17(22)21(27)29-2)9-13-16(19(10)25)20(26)15-11(18(13)24)5-4-6-14(15)23/h4-6,9,17,23,25,28H,3,7-8H2,1-2H3/t17?,22-/m0/s1. The Hall–Kier alpha value is -3.19. The van der Waals surface area contributed by atoms with Gasteiger partial charge >= 0.3 is 5.97 Å². The summed E-state index contributed by atoms with van der Waals surface area (Å²) in [6, 6.07) is 5.59. The quantitative estimate of drug-likeness (QED) is 0.568. The molecule has 0 fully saturated rings. The first-order valence-electron chi connectivity index (χ1n) is 9.35. The molecule has 4 rings (SSSR count). The summed E-state index contributed by atoms with van der Waals surface area (Å²) in [7, 11) is 1.21. The van der Waals surface area contributed by atoms with Gasteiger partial charge in [-0.05, 0) is 42.5 Å². The van der Waals surface area contributed by atoms with Crippen molar-refractivity contribution in [3.8, 4) is 11.5 Å². The monoisotopic (exact) mass is 396 g/mol. The Balaban J connectivity index is 2.01. The molecule has 2 aliphatic carbocycles. The topological polar surface area (TPSA) is 121 Å². The smallest absolute Gasteiger partial charge is 0.316 e. The molecule has 0 aromatic heterocycles. The van der Waals surface area contributed by atoms with Gasteiger partial charge in [-0.25, -0.2) is 0 Å². The first kappa shape index (κ1) is 19.1. The Kier molecular flexibility index (Phi) is 4.24. The Morgan fingerprint density at radius 1 is 1.17 bits per heavy atom. The van der Waals surface area contributed by atoms with Gasteiger partial charge in [0, 0.05) is 11.1 Å². The van der Waals surface area contributed by atoms with Crippen LogP contribution in [0.15, 0.2) is 24.3 Å². The molecule has 0 bridgehead atoms. The molecule has 1 unspecified atom stereocenters. The number of hydrogen-bond acceptors (Lipinski definition) is 7. The number of carbonyl (C=O) groups is 3. The number of aromatic hydroxyl groups is 2. The number of benzene rings is 2. The second-order valence-electron chi connectivity index (χ2n) is 7.49. The van der Waals surface area contributed by atoms with Crippen molar-refractivity contribution in [2.24, 2.45) is 0 Å². The van der Waals surface area contributed by atoms with Crippen molar-refractivity contribution < 1.29 is 34.4 Å². The average molecular weight is 396 g/mol. The van der Waals surface area contributed by atoms with Crippen LogP contribution >= 0.6 is 0 Å². The van der Waals surface area contributed by atoms with E-state index in [4.69, 9.17) is 4.74 Å². The number of hydrogen-bond donors (Lipinski definition) is 3. The SMILES string of the molecule is CC[C@]1(O)CCc2c(cc3c(c2O)C(=O)c2c(O)cccc2C3=O)C1C(=O)OC. The molecule has 150 valence electrons. The molecular formula is C22H20O7. The largest absolute Gasteiger partial charge is 0.507 e. The fourth-order valence-electron chi connectivity index (χ4n) is 4.52. The Bertz CT molecular complexity index is 1090. The average Bonchev–Trinajstić information content (AvgIpc) is 2.71. The number of ether oxygens (including phenoxy) is 1. The number of aliphatic hydroxyl groups is 1. The number of esters is 1. The highest BCUT2D eigenvalue weighted by Gasteiger charge is 2.48. The van der Waals surface area contributed by atoms with Crippen molar-refractivity contribution in [3.63, 3.8) is 0 Å². The number of ketones is 2. The van der Waals surface area contributed by atoms with Gasteiger partial charge in [0.05, 0.1) is 23.8 Å². The van der Waals surface area contributed by atoms with E-state index in [1.54, 1.807) is 6.92 Å². The molecule has 0 saturated carbocycles. The maximum Gasteiger partial charge on any atom is 0.316 e. The molecule has 0 radical (unpaired) electrons. The predicted molar refractivity (Wildman–Crippen MR) is 101 cm³/mol. The van der Waals surface area contributed by atoms with Crippen LogP contribution in [0.4, 0.5) is 0 Å². The molecule has 0 aliphatic heterocycles. The molecule has 2 aliphatic rings. The van der Waals surface area contributed by atoms with Gasteiger partial charge in [-0.15, -0.1) is 0 Å². The van der Waals surface area contributed by atoms with Crippen LogP contribution in [-0.4, -0.2) is 45.6 Å². The number of fused-ring (bicyclic) bond motifs is 3. The summed E-state index contributed by atoms with van der Waals surface area (Å²) >= 11 is 0. The van der Waals surface area contributed by atoms with Gasteiger partial charge in [-0.1, -0.05) is 19.1 Å². The number of carbonyl (C=O) groups excluding carboxylic acids is 3. The van der Waals surface area contributed by atoms with Gasteiger partial charge in [0.2, 0.25) is 5.78 Å². The maximum atomic E-state index is 13.1. The van der Waals surface area contributed by atoms with Crippen LogP contribution in [0.1, 0.15) is 68.7 Å². The van der Waals surface area contributed by atoms with Crippen LogP contribution in [0.25, 0.3) is 0 Å². The van der Waals surface area contributed by atoms with Gasteiger partial charge in [0.25, 0.3) is 0 Å². The lowest BCUT2D eigenvalue weighted by atomic mass is 9.68. The Morgan fingerprint density at radius 2 is 1.90 bits per heavy atom. The summed E-state index contributed by atoms with van der Waals surface area (Å²) in [5.41, 5.74) is -1.14. The highest BCUT2D eigenvalue weighted by Crippen LogP contribution is 2.48. The van der Waals surface area contributed by atoms with Gasteiger partial charge in [-0.2, -0.15) is 0 Å². The number of methoxy groups -OCH3 is 1. The zero-order valence-corrected chi connectivity index (χ0v) is 16.0. The highest BCUT2D eigenvalue weighted by molar-refractivity contribution is 6.30. The normalized spacial score (nSPS) is 22.5. The van der Waals surface area contributed by atoms with E-state index in [1.807, 2.05) is 0 Å². The molecule has 3 N–H and O–H groups in total. The molecule has 0 amide bonds. The van der Waals surface area contributed by atoms with Crippen LogP contribution in [0, 0.1) is 0 Å². The van der Waals surface area contributed by atoms with Gasteiger partial charge in [0.1, 0.15) is 17.4 Å². The first-order valence-corrected chi connectivity index (χ1v) is 9.35. The summed E-state index contributed by atoms with van der Waals surface area (Å²) in [6.07, 6.45) is 0.682. The summed E-state index contributed by atoms with van der Waals surface area (Å²) in [4.78, 5) is 38.6. The fraction of sp³-hybridized carbons (Fsp3) is 0.318. The third-order valence-electron chi connectivity index (χ3n) is 6.13. The van der Waals surface area contributed by atoms with Crippen molar-refractivity contribution in [1.82, 2.24) is 0 Å². The van der Waals surface area contributed by atoms with E-state index in [1.165, 1.54) is 31.4 Å². The molecule has 2 aromatic rings. The molecule has 0 spiro atoms. The van der Waals surface area contributed by atoms with E-state index in [2.05, 4.69) is 0 Å². The van der Waals surface area contributed by atoms with Crippen LogP contribution in [0.5, 0.6) is 11.5 Å². The van der Waals surface area contributed by atoms with E-state index >= 15 is 0 Å². The highest BCUT2D eigenvalue weighted by atomic mass is 16.5. The van der Waals surface area contributed by atoms with Gasteiger partial charge < -0.3 is 20.1 Å². The Labute approximate surface area is 166 Å². The molecule has 29 heavy (non-hydrogen) atoms. The lowest BCUT2D eigenvalue weighted by Crippen LogP contribution is -2.44. The number of rotatable bonds is 2. The third-order valence-corrected chi connectivity index (χ3v) is 6.13. The lowest BCUT2D eigenvalue weighted by molar-refractivity contribution is -0.151. The molecule has 2 atom stereocenters. The third kappa shape index (κ3) is 2.50. The first-order chi connectivity index (χ1) is 13.7. The molecule has 2 aromatic carbocycles. The van der Waals surface area contributed by atoms with Crippen LogP contribution in [0.3, 0.4) is 0 Å².